The highest BCUT2D eigenvalue weighted by atomic mass is 19.4. The van der Waals surface area contributed by atoms with Crippen molar-refractivity contribution >= 4 is 11.8 Å². The van der Waals surface area contributed by atoms with Gasteiger partial charge in [0.15, 0.2) is 5.78 Å². The number of hydrogen-bond donors (Lipinski definition) is 1. The van der Waals surface area contributed by atoms with Gasteiger partial charge in [0.1, 0.15) is 11.6 Å². The minimum Gasteiger partial charge on any atom is -0.481 e. The molecule has 2 atom stereocenters. The van der Waals surface area contributed by atoms with Crippen LogP contribution in [0.4, 0.5) is 22.0 Å². The maximum absolute atomic E-state index is 16.5. The monoisotopic (exact) mass is 662 g/mol. The number of likely N-dealkylation sites (N-methyl/N-ethyl adjacent to an activating group) is 1. The third-order valence-corrected chi connectivity index (χ3v) is 8.66. The largest absolute Gasteiger partial charge is 0.481 e. The number of carboxylic acid groups (broad SMARTS) is 1. The summed E-state index contributed by atoms with van der Waals surface area (Å²) in [4.78, 5) is 41.2. The summed E-state index contributed by atoms with van der Waals surface area (Å²) < 4.78 is 76.4. The molecule has 0 aliphatic carbocycles. The fourth-order valence-electron chi connectivity index (χ4n) is 6.02. The summed E-state index contributed by atoms with van der Waals surface area (Å²) in [6.45, 7) is 10.9. The van der Waals surface area contributed by atoms with Crippen LogP contribution in [0.5, 0.6) is 0 Å². The highest BCUT2D eigenvalue weighted by molar-refractivity contribution is 5.84. The maximum atomic E-state index is 16.5. The summed E-state index contributed by atoms with van der Waals surface area (Å²) in [6, 6.07) is 3.99. The first-order valence-corrected chi connectivity index (χ1v) is 15.5. The number of carboxylic acids is 1. The molecule has 0 saturated heterocycles. The van der Waals surface area contributed by atoms with E-state index in [1.54, 1.807) is 46.0 Å². The number of pyridine rings is 1. The van der Waals surface area contributed by atoms with Crippen molar-refractivity contribution in [3.05, 3.63) is 91.4 Å². The number of alkyl halides is 3. The normalized spacial score (nSPS) is 13.3. The van der Waals surface area contributed by atoms with E-state index in [9.17, 15) is 32.7 Å². The Balaban J connectivity index is 2.26. The zero-order chi connectivity index (χ0) is 35.5. The Labute approximate surface area is 272 Å². The predicted molar refractivity (Wildman–Crippen MR) is 172 cm³/mol. The van der Waals surface area contributed by atoms with Gasteiger partial charge in [-0.15, -0.1) is 0 Å². The van der Waals surface area contributed by atoms with Gasteiger partial charge >= 0.3 is 12.1 Å². The van der Waals surface area contributed by atoms with Gasteiger partial charge in [-0.25, -0.2) is 8.78 Å². The average Bonchev–Trinajstić information content (AvgIpc) is 2.93. The maximum Gasteiger partial charge on any atom is 0.419 e. The van der Waals surface area contributed by atoms with Gasteiger partial charge in [-0.2, -0.15) is 13.2 Å². The lowest BCUT2D eigenvalue weighted by Gasteiger charge is -2.26. The highest BCUT2D eigenvalue weighted by Crippen LogP contribution is 2.43. The number of aliphatic carboxylic acids is 1. The summed E-state index contributed by atoms with van der Waals surface area (Å²) in [5, 5.41) is 9.76. The summed E-state index contributed by atoms with van der Waals surface area (Å²) in [5.41, 5.74) is -0.687. The third-order valence-electron chi connectivity index (χ3n) is 8.66. The summed E-state index contributed by atoms with van der Waals surface area (Å²) in [5.74, 6) is -7.51. The third kappa shape index (κ3) is 8.74. The van der Waals surface area contributed by atoms with E-state index in [2.05, 4.69) is 0 Å². The number of aromatic nitrogens is 1. The Kier molecular flexibility index (Phi) is 11.9. The number of aryl methyl sites for hydroxylation is 3. The summed E-state index contributed by atoms with van der Waals surface area (Å²) >= 11 is 0. The molecule has 0 fully saturated rings. The molecule has 0 spiro atoms. The Morgan fingerprint density at radius 1 is 0.936 bits per heavy atom. The number of nitrogens with zero attached hydrogens (tertiary/aromatic N) is 2. The average molecular weight is 663 g/mol. The fourth-order valence-corrected chi connectivity index (χ4v) is 6.02. The number of Topliss-reactive ketones (excluding diaryl/α,β-unsaturated/α-hetero) is 1. The standard InChI is InChI=1S/C36H43F5N2O4/c1-19(2)13-28(43-18-24(11-12-42(7)8)22(5)14-30(43)45)29(44)15-25(16-31(46)47)33-34(37)26(17-27(35(33)38)36(39,40)41)32-21(4)10-9-20(3)23(32)6/h9-10,14,17-19,25,28H,11-13,15-16H2,1-8H3,(H,46,47)/t25-,28?/m0/s1. The molecule has 47 heavy (non-hydrogen) atoms. The van der Waals surface area contributed by atoms with Crippen molar-refractivity contribution in [2.24, 2.45) is 5.92 Å². The molecule has 0 saturated carbocycles. The second-order valence-electron chi connectivity index (χ2n) is 13.1. The van der Waals surface area contributed by atoms with Crippen molar-refractivity contribution in [1.29, 1.82) is 0 Å². The number of carbonyl (C=O) groups is 2. The fraction of sp³-hybridized carbons (Fsp3) is 0.472. The molecule has 1 unspecified atom stereocenters. The van der Waals surface area contributed by atoms with E-state index in [1.165, 1.54) is 10.6 Å². The number of halogens is 5. The van der Waals surface area contributed by atoms with E-state index in [0.717, 1.165) is 11.1 Å². The quantitative estimate of drug-likeness (QED) is 0.188. The molecule has 2 aromatic carbocycles. The van der Waals surface area contributed by atoms with Crippen molar-refractivity contribution in [2.45, 2.75) is 85.4 Å². The van der Waals surface area contributed by atoms with E-state index < -0.39 is 76.6 Å². The summed E-state index contributed by atoms with van der Waals surface area (Å²) in [6.07, 6.45) is -4.80. The van der Waals surface area contributed by atoms with Crippen LogP contribution in [0.1, 0.15) is 84.0 Å². The van der Waals surface area contributed by atoms with Crippen molar-refractivity contribution in [1.82, 2.24) is 9.47 Å². The van der Waals surface area contributed by atoms with Crippen molar-refractivity contribution in [3.63, 3.8) is 0 Å². The van der Waals surface area contributed by atoms with Crippen LogP contribution in [0.3, 0.4) is 0 Å². The van der Waals surface area contributed by atoms with E-state index in [1.807, 2.05) is 32.8 Å². The predicted octanol–water partition coefficient (Wildman–Crippen LogP) is 7.95. The van der Waals surface area contributed by atoms with E-state index >= 15 is 8.78 Å². The second kappa shape index (κ2) is 14.9. The zero-order valence-electron chi connectivity index (χ0n) is 28.1. The second-order valence-corrected chi connectivity index (χ2v) is 13.1. The van der Waals surface area contributed by atoms with Crippen LogP contribution in [-0.4, -0.2) is 47.0 Å². The zero-order valence-corrected chi connectivity index (χ0v) is 28.1. The number of ketones is 1. The molecule has 0 bridgehead atoms. The van der Waals surface area contributed by atoms with Crippen LogP contribution in [0.15, 0.2) is 35.3 Å². The van der Waals surface area contributed by atoms with E-state index in [4.69, 9.17) is 0 Å². The van der Waals surface area contributed by atoms with Crippen LogP contribution < -0.4 is 5.56 Å². The first-order valence-electron chi connectivity index (χ1n) is 15.5. The van der Waals surface area contributed by atoms with Crippen molar-refractivity contribution < 1.29 is 36.6 Å². The molecule has 0 amide bonds. The lowest BCUT2D eigenvalue weighted by molar-refractivity contribution is -0.140. The molecule has 3 rings (SSSR count). The Morgan fingerprint density at radius 3 is 2.11 bits per heavy atom. The molecular weight excluding hydrogens is 619 g/mol. The van der Waals surface area contributed by atoms with Gasteiger partial charge in [-0.3, -0.25) is 14.4 Å². The van der Waals surface area contributed by atoms with Gasteiger partial charge in [-0.1, -0.05) is 26.0 Å². The van der Waals surface area contributed by atoms with Crippen LogP contribution in [0.25, 0.3) is 11.1 Å². The lowest BCUT2D eigenvalue weighted by Crippen LogP contribution is -2.32. The Hall–Kier alpha value is -3.86. The molecule has 1 heterocycles. The Morgan fingerprint density at radius 2 is 1.55 bits per heavy atom. The SMILES string of the molecule is Cc1cc(=O)n(C(CC(C)C)C(=O)C[C@@H](CC(=O)O)c2c(F)c(-c3c(C)ccc(C)c3C)cc(C(F)(F)F)c2F)cc1CCN(C)C. The molecule has 0 aliphatic rings. The molecule has 256 valence electrons. The van der Waals surface area contributed by atoms with Gasteiger partial charge < -0.3 is 14.6 Å². The molecule has 0 aliphatic heterocycles. The van der Waals surface area contributed by atoms with Crippen LogP contribution in [0.2, 0.25) is 0 Å². The molecule has 1 N–H and O–H groups in total. The van der Waals surface area contributed by atoms with Gasteiger partial charge in [0, 0.05) is 42.3 Å². The first-order chi connectivity index (χ1) is 21.7. The number of benzene rings is 2. The highest BCUT2D eigenvalue weighted by Gasteiger charge is 2.40. The van der Waals surface area contributed by atoms with E-state index in [0.29, 0.717) is 35.7 Å². The minimum atomic E-state index is -5.25. The van der Waals surface area contributed by atoms with Gasteiger partial charge in [0.05, 0.1) is 18.0 Å². The molecule has 6 nitrogen and oxygen atoms in total. The van der Waals surface area contributed by atoms with Crippen LogP contribution >= 0.6 is 0 Å². The first kappa shape index (κ1) is 37.6. The number of carbonyl (C=O) groups excluding carboxylic acids is 1. The van der Waals surface area contributed by atoms with Gasteiger partial charge in [-0.05, 0) is 100.0 Å². The van der Waals surface area contributed by atoms with Crippen molar-refractivity contribution in [3.8, 4) is 11.1 Å². The topological polar surface area (TPSA) is 79.6 Å². The van der Waals surface area contributed by atoms with Crippen molar-refractivity contribution in [2.75, 3.05) is 20.6 Å². The minimum absolute atomic E-state index is 0.129. The number of rotatable bonds is 13. The van der Waals surface area contributed by atoms with Crippen LogP contribution in [0, 0.1) is 45.2 Å². The summed E-state index contributed by atoms with van der Waals surface area (Å²) in [7, 11) is 3.77. The van der Waals surface area contributed by atoms with Gasteiger partial charge in [0.2, 0.25) is 0 Å². The molecular formula is C36H43F5N2O4. The lowest BCUT2D eigenvalue weighted by atomic mass is 9.82. The van der Waals surface area contributed by atoms with Gasteiger partial charge in [0.25, 0.3) is 5.56 Å². The molecule has 11 heteroatoms. The Bertz CT molecular complexity index is 1710. The molecule has 1 aromatic heterocycles. The van der Waals surface area contributed by atoms with E-state index in [-0.39, 0.29) is 17.9 Å². The van der Waals surface area contributed by atoms with Crippen LogP contribution in [-0.2, 0) is 22.2 Å². The smallest absolute Gasteiger partial charge is 0.419 e. The number of hydrogen-bond acceptors (Lipinski definition) is 4. The molecule has 0 radical (unpaired) electrons. The molecule has 3 aromatic rings.